The third kappa shape index (κ3) is 7.26. The fourth-order valence-corrected chi connectivity index (χ4v) is 2.24. The number of rotatable bonds is 7. The van der Waals surface area contributed by atoms with Crippen LogP contribution in [0.5, 0.6) is 0 Å². The average molecular weight is 399 g/mol. The van der Waals surface area contributed by atoms with Crippen molar-refractivity contribution in [1.82, 2.24) is 5.32 Å². The van der Waals surface area contributed by atoms with Gasteiger partial charge in [0.15, 0.2) is 6.61 Å². The molecule has 0 unspecified atom stereocenters. The lowest BCUT2D eigenvalue weighted by atomic mass is 10.1. The largest absolute Gasteiger partial charge is 0.454 e. The summed E-state index contributed by atoms with van der Waals surface area (Å²) in [6, 6.07) is 12.4. The van der Waals surface area contributed by atoms with Gasteiger partial charge in [0.1, 0.15) is 18.5 Å². The molecule has 0 spiro atoms. The van der Waals surface area contributed by atoms with Crippen LogP contribution in [0.4, 0.5) is 22.4 Å². The third-order valence-electron chi connectivity index (χ3n) is 3.55. The summed E-state index contributed by atoms with van der Waals surface area (Å²) < 4.78 is 59.8. The van der Waals surface area contributed by atoms with Crippen LogP contribution in [0.1, 0.15) is 11.1 Å². The summed E-state index contributed by atoms with van der Waals surface area (Å²) in [5, 5.41) is 2.13. The van der Waals surface area contributed by atoms with Crippen LogP contribution in [0.25, 0.3) is 0 Å². The lowest BCUT2D eigenvalue weighted by molar-refractivity contribution is -0.187. The van der Waals surface area contributed by atoms with Crippen molar-refractivity contribution >= 4 is 12.1 Å². The van der Waals surface area contributed by atoms with Crippen LogP contribution in [-0.2, 0) is 27.3 Å². The van der Waals surface area contributed by atoms with Gasteiger partial charge in [-0.2, -0.15) is 13.2 Å². The van der Waals surface area contributed by atoms with Crippen LogP contribution in [-0.4, -0.2) is 30.9 Å². The molecule has 0 heterocycles. The standard InChI is InChI=1S/C19H17F4NO4/c20-15-9-5-4-8-14(15)10-16(17(25)28-12-19(21,22)23)24-18(26)27-11-13-6-2-1-3-7-13/h1-9,16H,10-12H2,(H,24,26)/t16-/m1/s1. The lowest BCUT2D eigenvalue weighted by Crippen LogP contribution is -2.44. The fraction of sp³-hybridized carbons (Fsp3) is 0.263. The number of carbonyl (C=O) groups excluding carboxylic acids is 2. The number of carbonyl (C=O) groups is 2. The van der Waals surface area contributed by atoms with E-state index in [-0.39, 0.29) is 12.2 Å². The molecule has 5 nitrogen and oxygen atoms in total. The predicted molar refractivity (Wildman–Crippen MR) is 90.7 cm³/mol. The number of nitrogens with one attached hydrogen (secondary N) is 1. The summed E-state index contributed by atoms with van der Waals surface area (Å²) in [5.41, 5.74) is 0.697. The first-order valence-corrected chi connectivity index (χ1v) is 8.18. The number of hydrogen-bond acceptors (Lipinski definition) is 4. The quantitative estimate of drug-likeness (QED) is 0.569. The molecule has 150 valence electrons. The molecule has 2 rings (SSSR count). The molecule has 0 aliphatic rings. The molecule has 0 saturated carbocycles. The van der Waals surface area contributed by atoms with Gasteiger partial charge in [-0.3, -0.25) is 0 Å². The van der Waals surface area contributed by atoms with E-state index in [1.807, 2.05) is 0 Å². The molecular formula is C19H17F4NO4. The first kappa shape index (κ1) is 21.2. The van der Waals surface area contributed by atoms with E-state index in [0.29, 0.717) is 5.56 Å². The van der Waals surface area contributed by atoms with Gasteiger partial charge in [-0.25, -0.2) is 14.0 Å². The van der Waals surface area contributed by atoms with E-state index < -0.39 is 43.1 Å². The van der Waals surface area contributed by atoms with Crippen molar-refractivity contribution in [3.05, 3.63) is 71.5 Å². The summed E-state index contributed by atoms with van der Waals surface area (Å²) in [7, 11) is 0. The lowest BCUT2D eigenvalue weighted by Gasteiger charge is -2.18. The maximum absolute atomic E-state index is 13.8. The third-order valence-corrected chi connectivity index (χ3v) is 3.55. The van der Waals surface area contributed by atoms with Gasteiger partial charge < -0.3 is 14.8 Å². The van der Waals surface area contributed by atoms with Crippen LogP contribution in [0.3, 0.4) is 0 Å². The van der Waals surface area contributed by atoms with E-state index in [2.05, 4.69) is 10.1 Å². The van der Waals surface area contributed by atoms with Crippen LogP contribution < -0.4 is 5.32 Å². The first-order valence-electron chi connectivity index (χ1n) is 8.18. The number of alkyl carbamates (subject to hydrolysis) is 1. The van der Waals surface area contributed by atoms with Crippen molar-refractivity contribution in [2.45, 2.75) is 25.2 Å². The smallest absolute Gasteiger partial charge is 0.422 e. The predicted octanol–water partition coefficient (Wildman–Crippen LogP) is 3.77. The SMILES string of the molecule is O=C(N[C@H](Cc1ccccc1F)C(=O)OCC(F)(F)F)OCc1ccccc1. The topological polar surface area (TPSA) is 64.6 Å². The Kier molecular flexibility index (Phi) is 7.36. The summed E-state index contributed by atoms with van der Waals surface area (Å²) in [4.78, 5) is 24.0. The highest BCUT2D eigenvalue weighted by atomic mass is 19.4. The number of hydrogen-bond donors (Lipinski definition) is 1. The van der Waals surface area contributed by atoms with Gasteiger partial charge in [0.05, 0.1) is 0 Å². The van der Waals surface area contributed by atoms with Crippen molar-refractivity contribution in [1.29, 1.82) is 0 Å². The zero-order valence-electron chi connectivity index (χ0n) is 14.5. The van der Waals surface area contributed by atoms with Crippen molar-refractivity contribution in [2.75, 3.05) is 6.61 Å². The Morgan fingerprint density at radius 1 is 0.964 bits per heavy atom. The maximum Gasteiger partial charge on any atom is 0.422 e. The Bertz CT molecular complexity index is 796. The Hall–Kier alpha value is -3.10. The maximum atomic E-state index is 13.8. The second-order valence-electron chi connectivity index (χ2n) is 5.78. The zero-order valence-corrected chi connectivity index (χ0v) is 14.5. The Balaban J connectivity index is 2.03. The molecule has 2 aromatic rings. The normalized spacial score (nSPS) is 12.1. The first-order chi connectivity index (χ1) is 13.2. The second kappa shape index (κ2) is 9.72. The van der Waals surface area contributed by atoms with Crippen molar-refractivity contribution in [3.63, 3.8) is 0 Å². The van der Waals surface area contributed by atoms with E-state index in [0.717, 1.165) is 6.07 Å². The van der Waals surface area contributed by atoms with E-state index in [4.69, 9.17) is 4.74 Å². The molecule has 1 atom stereocenters. The van der Waals surface area contributed by atoms with Crippen molar-refractivity contribution in [3.8, 4) is 0 Å². The van der Waals surface area contributed by atoms with E-state index in [1.165, 1.54) is 18.2 Å². The molecule has 1 N–H and O–H groups in total. The summed E-state index contributed by atoms with van der Waals surface area (Å²) in [6.45, 7) is -1.93. The highest BCUT2D eigenvalue weighted by Gasteiger charge is 2.32. The van der Waals surface area contributed by atoms with E-state index in [1.54, 1.807) is 30.3 Å². The molecule has 2 aromatic carbocycles. The molecule has 0 radical (unpaired) electrons. The number of amides is 1. The molecule has 28 heavy (non-hydrogen) atoms. The minimum atomic E-state index is -4.73. The molecule has 0 aromatic heterocycles. The van der Waals surface area contributed by atoms with Gasteiger partial charge in [0.25, 0.3) is 0 Å². The summed E-state index contributed by atoms with van der Waals surface area (Å²) >= 11 is 0. The number of esters is 1. The van der Waals surface area contributed by atoms with Gasteiger partial charge in [0.2, 0.25) is 0 Å². The number of ether oxygens (including phenoxy) is 2. The Morgan fingerprint density at radius 2 is 1.61 bits per heavy atom. The number of benzene rings is 2. The molecule has 0 fully saturated rings. The van der Waals surface area contributed by atoms with Gasteiger partial charge in [0, 0.05) is 6.42 Å². The highest BCUT2D eigenvalue weighted by molar-refractivity contribution is 5.81. The molecule has 9 heteroatoms. The molecular weight excluding hydrogens is 382 g/mol. The summed E-state index contributed by atoms with van der Waals surface area (Å²) in [6.07, 6.45) is -6.18. The van der Waals surface area contributed by atoms with Crippen LogP contribution in [0.2, 0.25) is 0 Å². The van der Waals surface area contributed by atoms with Gasteiger partial charge in [-0.15, -0.1) is 0 Å². The molecule has 0 saturated heterocycles. The van der Waals surface area contributed by atoms with Gasteiger partial charge in [-0.05, 0) is 17.2 Å². The minimum absolute atomic E-state index is 0.0276. The molecule has 0 aliphatic carbocycles. The molecule has 1 amide bonds. The van der Waals surface area contributed by atoms with Gasteiger partial charge >= 0.3 is 18.2 Å². The van der Waals surface area contributed by atoms with Crippen molar-refractivity contribution < 1.29 is 36.6 Å². The average Bonchev–Trinajstić information content (AvgIpc) is 2.66. The molecule has 0 bridgehead atoms. The minimum Gasteiger partial charge on any atom is -0.454 e. The van der Waals surface area contributed by atoms with Crippen molar-refractivity contribution in [2.24, 2.45) is 0 Å². The zero-order chi connectivity index (χ0) is 20.6. The van der Waals surface area contributed by atoms with Crippen LogP contribution >= 0.6 is 0 Å². The van der Waals surface area contributed by atoms with Crippen LogP contribution in [0.15, 0.2) is 54.6 Å². The van der Waals surface area contributed by atoms with E-state index in [9.17, 15) is 27.2 Å². The fourth-order valence-electron chi connectivity index (χ4n) is 2.24. The number of halogens is 4. The number of alkyl halides is 3. The monoisotopic (exact) mass is 399 g/mol. The Labute approximate surface area is 158 Å². The molecule has 0 aliphatic heterocycles. The van der Waals surface area contributed by atoms with E-state index >= 15 is 0 Å². The Morgan fingerprint density at radius 3 is 2.25 bits per heavy atom. The van der Waals surface area contributed by atoms with Gasteiger partial charge in [-0.1, -0.05) is 48.5 Å². The second-order valence-corrected chi connectivity index (χ2v) is 5.78. The summed E-state index contributed by atoms with van der Waals surface area (Å²) in [5.74, 6) is -2.02. The van der Waals surface area contributed by atoms with Crippen LogP contribution in [0, 0.1) is 5.82 Å². The highest BCUT2D eigenvalue weighted by Crippen LogP contribution is 2.16.